The van der Waals surface area contributed by atoms with Crippen LogP contribution in [0.3, 0.4) is 0 Å². The zero-order valence-corrected chi connectivity index (χ0v) is 7.91. The van der Waals surface area contributed by atoms with E-state index in [0.717, 1.165) is 0 Å². The van der Waals surface area contributed by atoms with Crippen molar-refractivity contribution in [3.8, 4) is 0 Å². The van der Waals surface area contributed by atoms with Gasteiger partial charge in [0.25, 0.3) is 0 Å². The third-order valence-corrected chi connectivity index (χ3v) is 3.64. The molecular weight excluding hydrogens is 184 g/mol. The molecule has 0 amide bonds. The summed E-state index contributed by atoms with van der Waals surface area (Å²) >= 11 is 0. The Bertz CT molecular complexity index is 333. The minimum Gasteiger partial charge on any atom is -0.105 e. The molecule has 0 heterocycles. The smallest absolute Gasteiger partial charge is 0.0605 e. The van der Waals surface area contributed by atoms with Gasteiger partial charge in [-0.15, -0.1) is 11.5 Å². The highest BCUT2D eigenvalue weighted by Crippen LogP contribution is 2.38. The normalized spacial score (nSPS) is 17.3. The van der Waals surface area contributed by atoms with E-state index in [2.05, 4.69) is 23.6 Å². The zero-order valence-electron chi connectivity index (χ0n) is 6.28. The van der Waals surface area contributed by atoms with Crippen molar-refractivity contribution < 1.29 is 0 Å². The predicted octanol–water partition coefficient (Wildman–Crippen LogP) is 3.59. The molecule has 0 aromatic heterocycles. The van der Waals surface area contributed by atoms with Gasteiger partial charge < -0.3 is 0 Å². The molecule has 2 aliphatic rings. The average molecular weight is 190 g/mol. The number of allylic oxidation sites excluding steroid dienone is 4. The third kappa shape index (κ3) is 1.88. The molecule has 0 bridgehead atoms. The first-order valence-electron chi connectivity index (χ1n) is 3.56. The fourth-order valence-electron chi connectivity index (χ4n) is 0.821. The van der Waals surface area contributed by atoms with E-state index >= 15 is 0 Å². The van der Waals surface area contributed by atoms with Gasteiger partial charge >= 0.3 is 0 Å². The molecule has 0 aromatic carbocycles. The Balaban J connectivity index is 1.91. The summed E-state index contributed by atoms with van der Waals surface area (Å²) in [5.74, 6) is 0. The van der Waals surface area contributed by atoms with Crippen LogP contribution < -0.4 is 0 Å². The predicted molar refractivity (Wildman–Crippen MR) is 56.7 cm³/mol. The van der Waals surface area contributed by atoms with Crippen molar-refractivity contribution in [2.24, 2.45) is 0 Å². The topological polar surface area (TPSA) is 0 Å². The molecule has 58 valence electrons. The van der Waals surface area contributed by atoms with Crippen LogP contribution in [0.15, 0.2) is 57.7 Å². The number of hydrogen-bond donors (Lipinski definition) is 0. The van der Waals surface area contributed by atoms with Crippen LogP contribution >= 0.6 is 21.6 Å². The van der Waals surface area contributed by atoms with Gasteiger partial charge in [0.15, 0.2) is 0 Å². The Morgan fingerprint density at radius 1 is 0.833 bits per heavy atom. The second-order valence-electron chi connectivity index (χ2n) is 2.24. The molecule has 0 saturated carbocycles. The van der Waals surface area contributed by atoms with Crippen molar-refractivity contribution in [3.63, 3.8) is 0 Å². The van der Waals surface area contributed by atoms with Gasteiger partial charge in [-0.25, -0.2) is 0 Å². The van der Waals surface area contributed by atoms with E-state index in [1.165, 1.54) is 9.81 Å². The van der Waals surface area contributed by atoms with E-state index in [9.17, 15) is 0 Å². The first kappa shape index (κ1) is 7.85. The Kier molecular flexibility index (Phi) is 2.45. The Morgan fingerprint density at radius 3 is 1.67 bits per heavy atom. The lowest BCUT2D eigenvalue weighted by atomic mass is 10.6. The fourth-order valence-corrected chi connectivity index (χ4v) is 2.66. The molecule has 0 unspecified atom stereocenters. The van der Waals surface area contributed by atoms with Crippen LogP contribution in [0, 0.1) is 0 Å². The second kappa shape index (κ2) is 3.75. The number of rotatable bonds is 3. The van der Waals surface area contributed by atoms with Crippen LogP contribution in [0.2, 0.25) is 0 Å². The Labute approximate surface area is 79.5 Å². The zero-order chi connectivity index (χ0) is 8.23. The first-order chi connectivity index (χ1) is 5.95. The molecular formula is C10H6S2. The maximum absolute atomic E-state index is 3.13. The van der Waals surface area contributed by atoms with E-state index in [-0.39, 0.29) is 0 Å². The number of hydrogen-bond acceptors (Lipinski definition) is 2. The van der Waals surface area contributed by atoms with Crippen LogP contribution in [-0.4, -0.2) is 0 Å². The van der Waals surface area contributed by atoms with Gasteiger partial charge in [0.2, 0.25) is 0 Å². The van der Waals surface area contributed by atoms with Crippen LogP contribution in [0.1, 0.15) is 0 Å². The van der Waals surface area contributed by atoms with Crippen molar-refractivity contribution >= 4 is 21.6 Å². The lowest BCUT2D eigenvalue weighted by molar-refractivity contribution is 2.04. The summed E-state index contributed by atoms with van der Waals surface area (Å²) in [6.45, 7) is 0. The van der Waals surface area contributed by atoms with Crippen molar-refractivity contribution in [2.75, 3.05) is 0 Å². The molecule has 2 heteroatoms. The molecule has 2 aliphatic carbocycles. The van der Waals surface area contributed by atoms with Crippen LogP contribution in [0.25, 0.3) is 0 Å². The lowest BCUT2D eigenvalue weighted by Gasteiger charge is -1.94. The largest absolute Gasteiger partial charge is 0.105 e. The highest BCUT2D eigenvalue weighted by atomic mass is 33.1. The Morgan fingerprint density at radius 2 is 1.33 bits per heavy atom. The molecule has 0 N–H and O–H groups in total. The molecule has 12 heavy (non-hydrogen) atoms. The highest BCUT2D eigenvalue weighted by molar-refractivity contribution is 8.79. The van der Waals surface area contributed by atoms with Crippen LogP contribution in [0.4, 0.5) is 0 Å². The second-order valence-corrected chi connectivity index (χ2v) is 4.45. The molecule has 0 radical (unpaired) electrons. The minimum absolute atomic E-state index is 1.18. The maximum Gasteiger partial charge on any atom is 0.0605 e. The van der Waals surface area contributed by atoms with Gasteiger partial charge in [0, 0.05) is 0 Å². The third-order valence-electron chi connectivity index (χ3n) is 1.36. The monoisotopic (exact) mass is 190 g/mol. The van der Waals surface area contributed by atoms with Crippen LogP contribution in [0.5, 0.6) is 0 Å². The van der Waals surface area contributed by atoms with Crippen LogP contribution in [-0.2, 0) is 0 Å². The quantitative estimate of drug-likeness (QED) is 0.493. The van der Waals surface area contributed by atoms with Gasteiger partial charge in [-0.3, -0.25) is 0 Å². The summed E-state index contributed by atoms with van der Waals surface area (Å²) in [4.78, 5) is 2.35. The Hall–Kier alpha value is -0.780. The fraction of sp³-hybridized carbons (Fsp3) is 0. The summed E-state index contributed by atoms with van der Waals surface area (Å²) in [5.41, 5.74) is 6.26. The van der Waals surface area contributed by atoms with E-state index in [1.54, 1.807) is 21.6 Å². The molecule has 0 atom stereocenters. The van der Waals surface area contributed by atoms with E-state index in [0.29, 0.717) is 0 Å². The summed E-state index contributed by atoms with van der Waals surface area (Å²) in [6.07, 6.45) is 12.0. The van der Waals surface area contributed by atoms with Gasteiger partial charge in [0.05, 0.1) is 9.81 Å². The van der Waals surface area contributed by atoms with Gasteiger partial charge in [-0.05, 0) is 45.9 Å². The van der Waals surface area contributed by atoms with Crippen molar-refractivity contribution in [1.29, 1.82) is 0 Å². The summed E-state index contributed by atoms with van der Waals surface area (Å²) < 4.78 is 0. The first-order valence-corrected chi connectivity index (χ1v) is 5.71. The molecule has 0 spiro atoms. The summed E-state index contributed by atoms with van der Waals surface area (Å²) in [5, 5.41) is 0. The van der Waals surface area contributed by atoms with Gasteiger partial charge in [0.1, 0.15) is 0 Å². The standard InChI is InChI=1S/C10H6S2/c1-2-6-9(5-1)11-12-10-7-3-4-8-10/h1-5,7H. The SMILES string of the molecule is C1=CC=CC=1SSC1=C=CC=C1. The molecule has 2 rings (SSSR count). The van der Waals surface area contributed by atoms with Crippen molar-refractivity contribution in [1.82, 2.24) is 0 Å². The van der Waals surface area contributed by atoms with Gasteiger partial charge in [-0.2, -0.15) is 0 Å². The molecule has 0 saturated heterocycles. The van der Waals surface area contributed by atoms with Crippen molar-refractivity contribution in [3.05, 3.63) is 57.7 Å². The van der Waals surface area contributed by atoms with E-state index < -0.39 is 0 Å². The lowest BCUT2D eigenvalue weighted by Crippen LogP contribution is -1.60. The molecule has 0 fully saturated rings. The highest BCUT2D eigenvalue weighted by Gasteiger charge is 1.99. The van der Waals surface area contributed by atoms with Gasteiger partial charge in [-0.1, -0.05) is 12.2 Å². The van der Waals surface area contributed by atoms with E-state index in [1.807, 2.05) is 24.3 Å². The molecule has 0 nitrogen and oxygen atoms in total. The molecule has 0 aromatic rings. The minimum atomic E-state index is 1.18. The maximum atomic E-state index is 3.13. The summed E-state index contributed by atoms with van der Waals surface area (Å²) in [6, 6.07) is 0. The van der Waals surface area contributed by atoms with Crippen molar-refractivity contribution in [2.45, 2.75) is 0 Å². The molecule has 0 aliphatic heterocycles. The average Bonchev–Trinajstić information content (AvgIpc) is 2.74. The summed E-state index contributed by atoms with van der Waals surface area (Å²) in [7, 11) is 3.43. The van der Waals surface area contributed by atoms with E-state index in [4.69, 9.17) is 0 Å².